The van der Waals surface area contributed by atoms with Crippen LogP contribution < -0.4 is 4.74 Å². The Bertz CT molecular complexity index is 998. The number of rotatable bonds is 5. The molecule has 1 aliphatic rings. The van der Waals surface area contributed by atoms with E-state index in [1.165, 1.54) is 0 Å². The molecule has 0 unspecified atom stereocenters. The number of Topliss-reactive ketones (excluding diaryl/α,β-unsaturated/α-hetero) is 1. The van der Waals surface area contributed by atoms with Gasteiger partial charge in [-0.25, -0.2) is 0 Å². The number of aliphatic hydroxyl groups is 1. The van der Waals surface area contributed by atoms with Gasteiger partial charge in [-0.2, -0.15) is 0 Å². The molecule has 1 aliphatic heterocycles. The monoisotopic (exact) mass is 379 g/mol. The molecule has 146 valence electrons. The number of aromatic nitrogens is 2. The number of piperidine rings is 1. The van der Waals surface area contributed by atoms with Crippen LogP contribution in [0.15, 0.2) is 48.8 Å². The number of benzene rings is 1. The van der Waals surface area contributed by atoms with Gasteiger partial charge < -0.3 is 14.4 Å². The van der Waals surface area contributed by atoms with Gasteiger partial charge in [0.25, 0.3) is 0 Å². The number of carbonyl (C=O) groups excluding carboxylic acids is 1. The molecule has 2 atom stereocenters. The summed E-state index contributed by atoms with van der Waals surface area (Å²) < 4.78 is 8.05. The molecule has 0 bridgehead atoms. The van der Waals surface area contributed by atoms with Crippen molar-refractivity contribution in [1.82, 2.24) is 14.5 Å². The summed E-state index contributed by atoms with van der Waals surface area (Å²) in [4.78, 5) is 18.1. The standard InChI is InChI=1S/C22H25N3O3/c1-15(26)17-10-18(24(2)12-17)13-25-9-7-22(21(27)14-25)28-19-6-5-16-4-3-8-23-20(16)11-19/h3-6,8,10-12,21-22,27H,7,9,13-14H2,1-2H3/t21-,22-/m1/s1. The second-order valence-electron chi connectivity index (χ2n) is 7.49. The van der Waals surface area contributed by atoms with E-state index < -0.39 is 6.10 Å². The van der Waals surface area contributed by atoms with Gasteiger partial charge in [0.15, 0.2) is 5.78 Å². The summed E-state index contributed by atoms with van der Waals surface area (Å²) in [6.07, 6.45) is 3.56. The minimum absolute atomic E-state index is 0.0684. The number of pyridine rings is 1. The molecule has 4 rings (SSSR count). The predicted molar refractivity (Wildman–Crippen MR) is 107 cm³/mol. The lowest BCUT2D eigenvalue weighted by Crippen LogP contribution is -2.48. The summed E-state index contributed by atoms with van der Waals surface area (Å²) in [6, 6.07) is 11.7. The van der Waals surface area contributed by atoms with Crippen molar-refractivity contribution in [3.63, 3.8) is 0 Å². The Morgan fingerprint density at radius 3 is 2.93 bits per heavy atom. The quantitative estimate of drug-likeness (QED) is 0.691. The van der Waals surface area contributed by atoms with Gasteiger partial charge in [-0.1, -0.05) is 6.07 Å². The SMILES string of the molecule is CC(=O)c1cc(CN2CC[C@@H](Oc3ccc4cccnc4c3)[C@H](O)C2)n(C)c1. The maximum atomic E-state index is 11.6. The van der Waals surface area contributed by atoms with E-state index in [1.807, 2.05) is 54.2 Å². The van der Waals surface area contributed by atoms with Gasteiger partial charge in [0.05, 0.1) is 5.52 Å². The maximum Gasteiger partial charge on any atom is 0.161 e. The predicted octanol–water partition coefficient (Wildman–Crippen LogP) is 2.79. The molecule has 3 heterocycles. The average Bonchev–Trinajstić information content (AvgIpc) is 3.05. The summed E-state index contributed by atoms with van der Waals surface area (Å²) >= 11 is 0. The van der Waals surface area contributed by atoms with Crippen LogP contribution in [0.4, 0.5) is 0 Å². The molecule has 6 nitrogen and oxygen atoms in total. The van der Waals surface area contributed by atoms with Crippen LogP contribution in [0.1, 0.15) is 29.4 Å². The number of β-amino-alcohol motifs (C(OH)–C–C–N with tert-alkyl or cyclic N) is 1. The highest BCUT2D eigenvalue weighted by atomic mass is 16.5. The van der Waals surface area contributed by atoms with Crippen LogP contribution in [-0.2, 0) is 13.6 Å². The summed E-state index contributed by atoms with van der Waals surface area (Å²) in [5, 5.41) is 11.7. The molecule has 0 amide bonds. The Balaban J connectivity index is 1.38. The fraction of sp³-hybridized carbons (Fsp3) is 0.364. The van der Waals surface area contributed by atoms with Crippen molar-refractivity contribution in [1.29, 1.82) is 0 Å². The summed E-state index contributed by atoms with van der Waals surface area (Å²) in [7, 11) is 1.95. The first-order chi connectivity index (χ1) is 13.5. The first kappa shape index (κ1) is 18.7. The summed E-state index contributed by atoms with van der Waals surface area (Å²) in [5.74, 6) is 0.802. The highest BCUT2D eigenvalue weighted by Crippen LogP contribution is 2.24. The van der Waals surface area contributed by atoms with Gasteiger partial charge in [0, 0.05) is 61.8 Å². The molecular weight excluding hydrogens is 354 g/mol. The molecule has 1 aromatic carbocycles. The minimum Gasteiger partial charge on any atom is -0.488 e. The summed E-state index contributed by atoms with van der Waals surface area (Å²) in [5.41, 5.74) is 2.68. The van der Waals surface area contributed by atoms with Gasteiger partial charge in [-0.3, -0.25) is 14.7 Å². The first-order valence-corrected chi connectivity index (χ1v) is 9.57. The third-order valence-corrected chi connectivity index (χ3v) is 5.37. The van der Waals surface area contributed by atoms with Crippen LogP contribution in [0.25, 0.3) is 10.9 Å². The lowest BCUT2D eigenvalue weighted by Gasteiger charge is -2.36. The average molecular weight is 379 g/mol. The minimum atomic E-state index is -0.569. The molecule has 3 aromatic rings. The molecule has 1 saturated heterocycles. The van der Waals surface area contributed by atoms with Crippen molar-refractivity contribution in [2.45, 2.75) is 32.1 Å². The number of aryl methyl sites for hydroxylation is 1. The fourth-order valence-corrected chi connectivity index (χ4v) is 3.74. The van der Waals surface area contributed by atoms with E-state index >= 15 is 0 Å². The number of hydrogen-bond donors (Lipinski definition) is 1. The number of hydrogen-bond acceptors (Lipinski definition) is 5. The smallest absolute Gasteiger partial charge is 0.161 e. The normalized spacial score (nSPS) is 20.4. The van der Waals surface area contributed by atoms with Crippen molar-refractivity contribution >= 4 is 16.7 Å². The largest absolute Gasteiger partial charge is 0.488 e. The van der Waals surface area contributed by atoms with E-state index in [4.69, 9.17) is 4.74 Å². The van der Waals surface area contributed by atoms with Gasteiger partial charge in [0.2, 0.25) is 0 Å². The molecule has 1 fully saturated rings. The van der Waals surface area contributed by atoms with Crippen molar-refractivity contribution in [2.24, 2.45) is 7.05 Å². The lowest BCUT2D eigenvalue weighted by molar-refractivity contribution is -0.0279. The molecule has 0 spiro atoms. The van der Waals surface area contributed by atoms with Crippen molar-refractivity contribution in [2.75, 3.05) is 13.1 Å². The first-order valence-electron chi connectivity index (χ1n) is 9.57. The van der Waals surface area contributed by atoms with E-state index in [0.717, 1.165) is 40.9 Å². The maximum absolute atomic E-state index is 11.6. The van der Waals surface area contributed by atoms with Gasteiger partial charge in [0.1, 0.15) is 18.0 Å². The third-order valence-electron chi connectivity index (χ3n) is 5.37. The second-order valence-corrected chi connectivity index (χ2v) is 7.49. The molecular formula is C22H25N3O3. The molecule has 0 radical (unpaired) electrons. The van der Waals surface area contributed by atoms with Crippen molar-refractivity contribution in [3.8, 4) is 5.75 Å². The number of ketones is 1. The van der Waals surface area contributed by atoms with Crippen LogP contribution in [0.2, 0.25) is 0 Å². The molecule has 0 saturated carbocycles. The van der Waals surface area contributed by atoms with E-state index in [-0.39, 0.29) is 11.9 Å². The van der Waals surface area contributed by atoms with Crippen LogP contribution in [0, 0.1) is 0 Å². The van der Waals surface area contributed by atoms with Gasteiger partial charge in [-0.05, 0) is 37.6 Å². The highest BCUT2D eigenvalue weighted by molar-refractivity contribution is 5.94. The fourth-order valence-electron chi connectivity index (χ4n) is 3.74. The zero-order valence-electron chi connectivity index (χ0n) is 16.2. The number of aliphatic hydroxyl groups excluding tert-OH is 1. The zero-order chi connectivity index (χ0) is 19.7. The molecule has 1 N–H and O–H groups in total. The van der Waals surface area contributed by atoms with E-state index in [9.17, 15) is 9.90 Å². The Morgan fingerprint density at radius 2 is 2.18 bits per heavy atom. The number of carbonyl (C=O) groups is 1. The van der Waals surface area contributed by atoms with Crippen LogP contribution in [0.3, 0.4) is 0 Å². The number of fused-ring (bicyclic) bond motifs is 1. The van der Waals surface area contributed by atoms with Gasteiger partial charge >= 0.3 is 0 Å². The molecule has 28 heavy (non-hydrogen) atoms. The Kier molecular flexibility index (Phi) is 5.15. The van der Waals surface area contributed by atoms with E-state index in [2.05, 4.69) is 9.88 Å². The Labute approximate surface area is 164 Å². The van der Waals surface area contributed by atoms with Crippen LogP contribution in [0.5, 0.6) is 5.75 Å². The Hall–Kier alpha value is -2.70. The molecule has 6 heteroatoms. The summed E-state index contributed by atoms with van der Waals surface area (Å²) in [6.45, 7) is 3.65. The van der Waals surface area contributed by atoms with Gasteiger partial charge in [-0.15, -0.1) is 0 Å². The lowest BCUT2D eigenvalue weighted by atomic mass is 10.0. The zero-order valence-corrected chi connectivity index (χ0v) is 16.2. The molecule has 2 aromatic heterocycles. The topological polar surface area (TPSA) is 67.6 Å². The second kappa shape index (κ2) is 7.73. The van der Waals surface area contributed by atoms with Crippen LogP contribution >= 0.6 is 0 Å². The van der Waals surface area contributed by atoms with Crippen LogP contribution in [-0.4, -0.2) is 50.6 Å². The van der Waals surface area contributed by atoms with Crippen molar-refractivity contribution < 1.29 is 14.6 Å². The molecule has 0 aliphatic carbocycles. The Morgan fingerprint density at radius 1 is 1.32 bits per heavy atom. The third kappa shape index (κ3) is 3.93. The van der Waals surface area contributed by atoms with Crippen molar-refractivity contribution in [3.05, 3.63) is 60.0 Å². The number of likely N-dealkylation sites (tertiary alicyclic amines) is 1. The number of nitrogens with zero attached hydrogens (tertiary/aromatic N) is 3. The highest BCUT2D eigenvalue weighted by Gasteiger charge is 2.29. The number of ether oxygens (including phenoxy) is 1. The van der Waals surface area contributed by atoms with E-state index in [1.54, 1.807) is 13.1 Å². The van der Waals surface area contributed by atoms with E-state index in [0.29, 0.717) is 13.1 Å².